The number of aryl methyl sites for hydroxylation is 1. The summed E-state index contributed by atoms with van der Waals surface area (Å²) in [6.45, 7) is 5.13. The van der Waals surface area contributed by atoms with Gasteiger partial charge in [-0.05, 0) is 37.1 Å². The van der Waals surface area contributed by atoms with Gasteiger partial charge in [0.1, 0.15) is 11.8 Å². The second kappa shape index (κ2) is 9.72. The van der Waals surface area contributed by atoms with Crippen molar-refractivity contribution in [3.05, 3.63) is 95.6 Å². The summed E-state index contributed by atoms with van der Waals surface area (Å²) in [5.74, 6) is 0.550. The van der Waals surface area contributed by atoms with Gasteiger partial charge in [0.05, 0.1) is 12.3 Å². The summed E-state index contributed by atoms with van der Waals surface area (Å²) in [5.41, 5.74) is 3.94. The molecule has 0 aliphatic rings. The molecule has 4 heteroatoms. The molecule has 3 aromatic rings. The van der Waals surface area contributed by atoms with E-state index in [1.54, 1.807) is 0 Å². The summed E-state index contributed by atoms with van der Waals surface area (Å²) >= 11 is 0. The molecule has 0 spiro atoms. The van der Waals surface area contributed by atoms with Gasteiger partial charge in [-0.25, -0.2) is 0 Å². The van der Waals surface area contributed by atoms with E-state index in [2.05, 4.69) is 41.8 Å². The fourth-order valence-electron chi connectivity index (χ4n) is 2.99. The van der Waals surface area contributed by atoms with Crippen molar-refractivity contribution in [3.63, 3.8) is 0 Å². The zero-order valence-corrected chi connectivity index (χ0v) is 16.3. The van der Waals surface area contributed by atoms with Crippen molar-refractivity contribution in [1.82, 2.24) is 5.32 Å². The number of nitrogens with one attached hydrogen (secondary N) is 2. The standard InChI is InChI=1S/C24H26N2O2/c1-3-28-22-12-8-7-11-21(22)26-24(27)23(20-9-5-4-6-10-20)25-17-19-15-13-18(2)14-16-19/h4-16,23,25H,3,17H2,1-2H3,(H,26,27)/t23-/m1/s1. The molecule has 28 heavy (non-hydrogen) atoms. The van der Waals surface area contributed by atoms with Crippen molar-refractivity contribution in [2.45, 2.75) is 26.4 Å². The van der Waals surface area contributed by atoms with Crippen LogP contribution in [0.2, 0.25) is 0 Å². The molecule has 0 radical (unpaired) electrons. The van der Waals surface area contributed by atoms with Crippen molar-refractivity contribution in [3.8, 4) is 5.75 Å². The topological polar surface area (TPSA) is 50.4 Å². The minimum absolute atomic E-state index is 0.120. The van der Waals surface area contributed by atoms with Crippen LogP contribution >= 0.6 is 0 Å². The van der Waals surface area contributed by atoms with E-state index in [-0.39, 0.29) is 5.91 Å². The highest BCUT2D eigenvalue weighted by Gasteiger charge is 2.21. The quantitative estimate of drug-likeness (QED) is 0.592. The summed E-state index contributed by atoms with van der Waals surface area (Å²) in [5, 5.41) is 6.40. The van der Waals surface area contributed by atoms with E-state index in [0.29, 0.717) is 24.6 Å². The Morgan fingerprint density at radius 2 is 1.61 bits per heavy atom. The largest absolute Gasteiger partial charge is 0.492 e. The van der Waals surface area contributed by atoms with Crippen LogP contribution < -0.4 is 15.4 Å². The summed E-state index contributed by atoms with van der Waals surface area (Å²) in [6.07, 6.45) is 0. The van der Waals surface area contributed by atoms with Crippen molar-refractivity contribution in [2.75, 3.05) is 11.9 Å². The molecule has 144 valence electrons. The Morgan fingerprint density at radius 1 is 0.929 bits per heavy atom. The summed E-state index contributed by atoms with van der Waals surface area (Å²) in [6, 6.07) is 25.1. The molecule has 4 nitrogen and oxygen atoms in total. The van der Waals surface area contributed by atoms with Crippen molar-refractivity contribution < 1.29 is 9.53 Å². The number of carbonyl (C=O) groups excluding carboxylic acids is 1. The van der Waals surface area contributed by atoms with Crippen LogP contribution in [0.15, 0.2) is 78.9 Å². The lowest BCUT2D eigenvalue weighted by atomic mass is 10.0. The minimum atomic E-state index is -0.475. The van der Waals surface area contributed by atoms with E-state index in [0.717, 1.165) is 11.1 Å². The van der Waals surface area contributed by atoms with Crippen LogP contribution in [-0.4, -0.2) is 12.5 Å². The maximum Gasteiger partial charge on any atom is 0.246 e. The van der Waals surface area contributed by atoms with E-state index in [4.69, 9.17) is 4.74 Å². The predicted molar refractivity (Wildman–Crippen MR) is 113 cm³/mol. The first-order chi connectivity index (χ1) is 13.7. The molecular formula is C24H26N2O2. The number of para-hydroxylation sites is 2. The Labute approximate surface area is 166 Å². The van der Waals surface area contributed by atoms with Gasteiger partial charge in [-0.1, -0.05) is 72.3 Å². The first-order valence-corrected chi connectivity index (χ1v) is 9.54. The van der Waals surface area contributed by atoms with Gasteiger partial charge in [0.25, 0.3) is 0 Å². The smallest absolute Gasteiger partial charge is 0.246 e. The van der Waals surface area contributed by atoms with Gasteiger partial charge in [0.15, 0.2) is 0 Å². The van der Waals surface area contributed by atoms with Crippen LogP contribution in [0.1, 0.15) is 29.7 Å². The summed E-state index contributed by atoms with van der Waals surface area (Å²) < 4.78 is 5.63. The molecule has 0 saturated carbocycles. The van der Waals surface area contributed by atoms with Crippen molar-refractivity contribution >= 4 is 11.6 Å². The average molecular weight is 374 g/mol. The van der Waals surface area contributed by atoms with Gasteiger partial charge in [0.2, 0.25) is 5.91 Å². The van der Waals surface area contributed by atoms with Gasteiger partial charge >= 0.3 is 0 Å². The lowest BCUT2D eigenvalue weighted by Crippen LogP contribution is -2.32. The Kier molecular flexibility index (Phi) is 6.82. The van der Waals surface area contributed by atoms with Crippen LogP contribution in [0, 0.1) is 6.92 Å². The van der Waals surface area contributed by atoms with E-state index >= 15 is 0 Å². The normalized spacial score (nSPS) is 11.6. The van der Waals surface area contributed by atoms with Crippen molar-refractivity contribution in [2.24, 2.45) is 0 Å². The molecule has 0 aromatic heterocycles. The first kappa shape index (κ1) is 19.6. The van der Waals surface area contributed by atoms with Gasteiger partial charge in [0, 0.05) is 6.54 Å². The van der Waals surface area contributed by atoms with Crippen LogP contribution in [0.3, 0.4) is 0 Å². The first-order valence-electron chi connectivity index (χ1n) is 9.54. The van der Waals surface area contributed by atoms with E-state index in [1.165, 1.54) is 5.56 Å². The second-order valence-corrected chi connectivity index (χ2v) is 6.63. The number of benzene rings is 3. The number of amides is 1. The molecule has 0 unspecified atom stereocenters. The van der Waals surface area contributed by atoms with E-state index in [9.17, 15) is 4.79 Å². The van der Waals surface area contributed by atoms with Gasteiger partial charge in [-0.3, -0.25) is 10.1 Å². The highest BCUT2D eigenvalue weighted by molar-refractivity contribution is 5.96. The SMILES string of the molecule is CCOc1ccccc1NC(=O)[C@H](NCc1ccc(C)cc1)c1ccccc1. The Hall–Kier alpha value is -3.11. The lowest BCUT2D eigenvalue weighted by Gasteiger charge is -2.20. The minimum Gasteiger partial charge on any atom is -0.492 e. The molecule has 0 bridgehead atoms. The van der Waals surface area contributed by atoms with E-state index in [1.807, 2.05) is 61.5 Å². The van der Waals surface area contributed by atoms with Crippen LogP contribution in [0.25, 0.3) is 0 Å². The van der Waals surface area contributed by atoms with Gasteiger partial charge in [-0.2, -0.15) is 0 Å². The second-order valence-electron chi connectivity index (χ2n) is 6.63. The molecule has 2 N–H and O–H groups in total. The lowest BCUT2D eigenvalue weighted by molar-refractivity contribution is -0.118. The molecule has 0 aliphatic carbocycles. The average Bonchev–Trinajstić information content (AvgIpc) is 2.72. The molecular weight excluding hydrogens is 348 g/mol. The Morgan fingerprint density at radius 3 is 2.32 bits per heavy atom. The fourth-order valence-corrected chi connectivity index (χ4v) is 2.99. The Balaban J connectivity index is 1.78. The van der Waals surface area contributed by atoms with E-state index < -0.39 is 6.04 Å². The number of anilines is 1. The zero-order chi connectivity index (χ0) is 19.8. The monoisotopic (exact) mass is 374 g/mol. The number of carbonyl (C=O) groups is 1. The maximum atomic E-state index is 13.1. The van der Waals surface area contributed by atoms with Crippen LogP contribution in [0.4, 0.5) is 5.69 Å². The molecule has 1 atom stereocenters. The molecule has 3 aromatic carbocycles. The molecule has 0 aliphatic heterocycles. The molecule has 1 amide bonds. The highest BCUT2D eigenvalue weighted by Crippen LogP contribution is 2.25. The third-order valence-electron chi connectivity index (χ3n) is 4.47. The third kappa shape index (κ3) is 5.21. The number of rotatable bonds is 8. The third-order valence-corrected chi connectivity index (χ3v) is 4.47. The molecule has 0 fully saturated rings. The number of hydrogen-bond donors (Lipinski definition) is 2. The summed E-state index contributed by atoms with van der Waals surface area (Å²) in [4.78, 5) is 13.1. The molecule has 0 heterocycles. The zero-order valence-electron chi connectivity index (χ0n) is 16.3. The number of hydrogen-bond acceptors (Lipinski definition) is 3. The fraction of sp³-hybridized carbons (Fsp3) is 0.208. The summed E-state index contributed by atoms with van der Waals surface area (Å²) in [7, 11) is 0. The molecule has 3 rings (SSSR count). The van der Waals surface area contributed by atoms with Crippen LogP contribution in [0.5, 0.6) is 5.75 Å². The molecule has 0 saturated heterocycles. The predicted octanol–water partition coefficient (Wildman–Crippen LogP) is 4.86. The highest BCUT2D eigenvalue weighted by atomic mass is 16.5. The van der Waals surface area contributed by atoms with Gasteiger partial charge in [-0.15, -0.1) is 0 Å². The van der Waals surface area contributed by atoms with Crippen molar-refractivity contribution in [1.29, 1.82) is 0 Å². The van der Waals surface area contributed by atoms with Gasteiger partial charge < -0.3 is 10.1 Å². The maximum absolute atomic E-state index is 13.1. The Bertz CT molecular complexity index is 892. The van der Waals surface area contributed by atoms with Crippen LogP contribution in [-0.2, 0) is 11.3 Å². The number of ether oxygens (including phenoxy) is 1.